The lowest BCUT2D eigenvalue weighted by Gasteiger charge is -2.48. The zero-order valence-electron chi connectivity index (χ0n) is 18.3. The Hall–Kier alpha value is -1.44. The Kier molecular flexibility index (Phi) is 5.51. The number of hydrogen-bond donors (Lipinski definition) is 1. The Morgan fingerprint density at radius 3 is 2.82 bits per heavy atom. The van der Waals surface area contributed by atoms with Gasteiger partial charge in [0.05, 0.1) is 0 Å². The van der Waals surface area contributed by atoms with E-state index in [1.54, 1.807) is 0 Å². The fraction of sp³-hybridized carbons (Fsp3) is 0.692. The average molecular weight is 383 g/mol. The molecule has 28 heavy (non-hydrogen) atoms. The topological polar surface area (TPSA) is 29.5 Å². The summed E-state index contributed by atoms with van der Waals surface area (Å²) in [5, 5.41) is 11.1. The van der Waals surface area contributed by atoms with E-state index >= 15 is 0 Å². The molecular formula is C26H38O2. The number of aromatic hydroxyl groups is 1. The van der Waals surface area contributed by atoms with Crippen LogP contribution in [0.1, 0.15) is 114 Å². The third-order valence-corrected chi connectivity index (χ3v) is 7.64. The Labute approximate surface area is 171 Å². The average Bonchev–Trinajstić information content (AvgIpc) is 2.64. The first kappa shape index (κ1) is 19.9. The maximum Gasteiger partial charge on any atom is 0.130 e. The van der Waals surface area contributed by atoms with Crippen LogP contribution in [0.2, 0.25) is 0 Å². The Balaban J connectivity index is 1.71. The minimum absolute atomic E-state index is 0.176. The second-order valence-electron chi connectivity index (χ2n) is 10.1. The molecule has 0 radical (unpaired) electrons. The number of unbranched alkanes of at least 4 members (excludes halogenated alkanes) is 3. The van der Waals surface area contributed by atoms with Crippen molar-refractivity contribution in [3.05, 3.63) is 34.4 Å². The molecule has 3 atom stereocenters. The largest absolute Gasteiger partial charge is 0.508 e. The highest BCUT2D eigenvalue weighted by molar-refractivity contribution is 5.59. The van der Waals surface area contributed by atoms with Gasteiger partial charge >= 0.3 is 0 Å². The number of phenolic OH excluding ortho intramolecular Hbond substituents is 1. The van der Waals surface area contributed by atoms with E-state index in [9.17, 15) is 5.11 Å². The summed E-state index contributed by atoms with van der Waals surface area (Å²) in [5.41, 5.74) is 5.19. The van der Waals surface area contributed by atoms with Gasteiger partial charge in [-0.3, -0.25) is 0 Å². The molecule has 2 nitrogen and oxygen atoms in total. The van der Waals surface area contributed by atoms with Gasteiger partial charge in [0.2, 0.25) is 0 Å². The fourth-order valence-electron chi connectivity index (χ4n) is 6.09. The second kappa shape index (κ2) is 7.76. The Morgan fingerprint density at radius 2 is 2.04 bits per heavy atom. The molecule has 1 N–H and O–H groups in total. The third kappa shape index (κ3) is 3.48. The summed E-state index contributed by atoms with van der Waals surface area (Å²) in [6, 6.07) is 2.13. The summed E-state index contributed by atoms with van der Waals surface area (Å²) in [6.07, 6.45) is 14.6. The number of fused-ring (bicyclic) bond motifs is 5. The summed E-state index contributed by atoms with van der Waals surface area (Å²) >= 11 is 0. The lowest BCUT2D eigenvalue weighted by atomic mass is 9.66. The van der Waals surface area contributed by atoms with E-state index in [4.69, 9.17) is 4.74 Å². The molecule has 2 aliphatic carbocycles. The first-order chi connectivity index (χ1) is 13.4. The predicted octanol–water partition coefficient (Wildman–Crippen LogP) is 7.39. The summed E-state index contributed by atoms with van der Waals surface area (Å²) in [7, 11) is 0. The standard InChI is InChI=1S/C26H38O2/c1-5-6-7-8-10-18-11-9-12-19-20(18)16-23(27)24-21-15-17(2)13-14-22(21)26(3,4)28-25(19)24/h13,16,18,21-22,27H,5-12,14-15H2,1-4H3/t18?,21-,22-/m1/s1. The molecule has 1 aromatic rings. The SMILES string of the molecule is CCCCCCC1CCCc2c1cc(O)c1c2OC(C)(C)[C@@H]2CC=C(C)C[C@@H]12. The van der Waals surface area contributed by atoms with Crippen molar-refractivity contribution in [2.45, 2.75) is 109 Å². The van der Waals surface area contributed by atoms with Gasteiger partial charge in [-0.1, -0.05) is 44.3 Å². The molecule has 0 bridgehead atoms. The molecule has 4 rings (SSSR count). The number of rotatable bonds is 5. The molecule has 1 heterocycles. The minimum atomic E-state index is -0.176. The Morgan fingerprint density at radius 1 is 1.21 bits per heavy atom. The normalized spacial score (nSPS) is 27.9. The molecule has 0 amide bonds. The molecule has 0 spiro atoms. The first-order valence-electron chi connectivity index (χ1n) is 11.7. The van der Waals surface area contributed by atoms with Gasteiger partial charge in [-0.25, -0.2) is 0 Å². The highest BCUT2D eigenvalue weighted by atomic mass is 16.5. The van der Waals surface area contributed by atoms with Crippen molar-refractivity contribution >= 4 is 0 Å². The number of allylic oxidation sites excluding steroid dienone is 2. The highest BCUT2D eigenvalue weighted by Gasteiger charge is 2.47. The quantitative estimate of drug-likeness (QED) is 0.425. The van der Waals surface area contributed by atoms with Crippen LogP contribution in [0.25, 0.3) is 0 Å². The molecule has 3 aliphatic rings. The van der Waals surface area contributed by atoms with Gasteiger partial charge in [0.1, 0.15) is 17.1 Å². The van der Waals surface area contributed by atoms with E-state index in [2.05, 4.69) is 39.8 Å². The van der Waals surface area contributed by atoms with E-state index in [1.165, 1.54) is 61.6 Å². The van der Waals surface area contributed by atoms with Crippen molar-refractivity contribution in [3.63, 3.8) is 0 Å². The van der Waals surface area contributed by atoms with Crippen LogP contribution in [-0.2, 0) is 6.42 Å². The second-order valence-corrected chi connectivity index (χ2v) is 10.1. The molecule has 1 aliphatic heterocycles. The van der Waals surface area contributed by atoms with Gasteiger partial charge in [-0.15, -0.1) is 0 Å². The summed E-state index contributed by atoms with van der Waals surface area (Å²) in [4.78, 5) is 0. The van der Waals surface area contributed by atoms with Crippen LogP contribution in [0.3, 0.4) is 0 Å². The molecule has 154 valence electrons. The van der Waals surface area contributed by atoms with Crippen LogP contribution in [0.5, 0.6) is 11.5 Å². The zero-order valence-corrected chi connectivity index (χ0v) is 18.3. The van der Waals surface area contributed by atoms with Crippen molar-refractivity contribution in [1.29, 1.82) is 0 Å². The van der Waals surface area contributed by atoms with Crippen LogP contribution in [0, 0.1) is 5.92 Å². The Bertz CT molecular complexity index is 758. The number of phenols is 1. The van der Waals surface area contributed by atoms with Crippen LogP contribution >= 0.6 is 0 Å². The lowest BCUT2D eigenvalue weighted by molar-refractivity contribution is 0.00629. The molecular weight excluding hydrogens is 344 g/mol. The van der Waals surface area contributed by atoms with Gasteiger partial charge in [0, 0.05) is 17.4 Å². The third-order valence-electron chi connectivity index (χ3n) is 7.64. The van der Waals surface area contributed by atoms with Gasteiger partial charge in [0.25, 0.3) is 0 Å². The van der Waals surface area contributed by atoms with E-state index in [-0.39, 0.29) is 5.60 Å². The van der Waals surface area contributed by atoms with Crippen LogP contribution in [0.15, 0.2) is 17.7 Å². The van der Waals surface area contributed by atoms with Crippen molar-refractivity contribution in [2.24, 2.45) is 5.92 Å². The molecule has 0 saturated heterocycles. The molecule has 0 saturated carbocycles. The summed E-state index contributed by atoms with van der Waals surface area (Å²) < 4.78 is 6.71. The van der Waals surface area contributed by atoms with E-state index < -0.39 is 0 Å². The molecule has 1 aromatic carbocycles. The van der Waals surface area contributed by atoms with Crippen LogP contribution < -0.4 is 4.74 Å². The number of benzene rings is 1. The monoisotopic (exact) mass is 382 g/mol. The predicted molar refractivity (Wildman–Crippen MR) is 116 cm³/mol. The van der Waals surface area contributed by atoms with Gasteiger partial charge in [-0.05, 0) is 82.4 Å². The van der Waals surface area contributed by atoms with E-state index in [0.29, 0.717) is 23.5 Å². The highest BCUT2D eigenvalue weighted by Crippen LogP contribution is 2.57. The molecule has 2 heteroatoms. The van der Waals surface area contributed by atoms with Crippen molar-refractivity contribution < 1.29 is 9.84 Å². The van der Waals surface area contributed by atoms with E-state index in [0.717, 1.165) is 30.6 Å². The maximum absolute atomic E-state index is 11.1. The van der Waals surface area contributed by atoms with Gasteiger partial charge in [0.15, 0.2) is 0 Å². The van der Waals surface area contributed by atoms with Crippen molar-refractivity contribution in [3.8, 4) is 11.5 Å². The van der Waals surface area contributed by atoms with Gasteiger partial charge in [-0.2, -0.15) is 0 Å². The van der Waals surface area contributed by atoms with Crippen LogP contribution in [0.4, 0.5) is 0 Å². The molecule has 1 unspecified atom stereocenters. The maximum atomic E-state index is 11.1. The minimum Gasteiger partial charge on any atom is -0.508 e. The van der Waals surface area contributed by atoms with Gasteiger partial charge < -0.3 is 9.84 Å². The lowest BCUT2D eigenvalue weighted by Crippen LogP contribution is -2.46. The van der Waals surface area contributed by atoms with Crippen molar-refractivity contribution in [2.75, 3.05) is 0 Å². The van der Waals surface area contributed by atoms with E-state index in [1.807, 2.05) is 0 Å². The first-order valence-corrected chi connectivity index (χ1v) is 11.7. The number of hydrogen-bond acceptors (Lipinski definition) is 2. The van der Waals surface area contributed by atoms with Crippen molar-refractivity contribution in [1.82, 2.24) is 0 Å². The number of ether oxygens (including phenoxy) is 1. The summed E-state index contributed by atoms with van der Waals surface area (Å²) in [6.45, 7) is 9.02. The summed E-state index contributed by atoms with van der Waals surface area (Å²) in [5.74, 6) is 2.97. The van der Waals surface area contributed by atoms with Crippen LogP contribution in [-0.4, -0.2) is 10.7 Å². The molecule has 0 fully saturated rings. The molecule has 0 aromatic heterocycles. The zero-order chi connectivity index (χ0) is 19.9. The smallest absolute Gasteiger partial charge is 0.130 e. The fourth-order valence-corrected chi connectivity index (χ4v) is 6.09.